The molecule has 2 N–H and O–H groups in total. The number of amides is 1. The molecule has 34 heavy (non-hydrogen) atoms. The number of hydrogen-bond acceptors (Lipinski definition) is 8. The summed E-state index contributed by atoms with van der Waals surface area (Å²) in [6, 6.07) is 8.25. The van der Waals surface area contributed by atoms with E-state index in [2.05, 4.69) is 20.3 Å². The third-order valence-corrected chi connectivity index (χ3v) is 5.78. The van der Waals surface area contributed by atoms with Gasteiger partial charge in [-0.05, 0) is 30.7 Å². The van der Waals surface area contributed by atoms with Crippen molar-refractivity contribution in [2.45, 2.75) is 37.1 Å². The molecule has 3 heterocycles. The van der Waals surface area contributed by atoms with Crippen LogP contribution < -0.4 is 5.73 Å². The van der Waals surface area contributed by atoms with Crippen molar-refractivity contribution in [3.63, 3.8) is 0 Å². The molecule has 9 nitrogen and oxygen atoms in total. The molecule has 1 aromatic carbocycles. The fourth-order valence-electron chi connectivity index (χ4n) is 3.10. The second-order valence-corrected chi connectivity index (χ2v) is 8.26. The van der Waals surface area contributed by atoms with Gasteiger partial charge in [-0.1, -0.05) is 29.1 Å². The normalized spacial score (nSPS) is 11.7. The Morgan fingerprint density at radius 2 is 2.03 bits per heavy atom. The fraction of sp³-hybridized carbons (Fsp3) is 0.286. The van der Waals surface area contributed by atoms with Gasteiger partial charge in [-0.2, -0.15) is 18.2 Å². The largest absolute Gasteiger partial charge is 0.461 e. The van der Waals surface area contributed by atoms with Crippen molar-refractivity contribution in [2.24, 2.45) is 5.73 Å². The summed E-state index contributed by atoms with van der Waals surface area (Å²) < 4.78 is 51.1. The number of hydrogen-bond donors (Lipinski definition) is 1. The third-order valence-electron chi connectivity index (χ3n) is 4.72. The Bertz CT molecular complexity index is 1250. The van der Waals surface area contributed by atoms with Crippen molar-refractivity contribution in [1.82, 2.24) is 24.9 Å². The Labute approximate surface area is 195 Å². The van der Waals surface area contributed by atoms with Gasteiger partial charge >= 0.3 is 6.18 Å². The predicted molar refractivity (Wildman–Crippen MR) is 115 cm³/mol. The summed E-state index contributed by atoms with van der Waals surface area (Å²) in [7, 11) is 0. The van der Waals surface area contributed by atoms with E-state index in [0.717, 1.165) is 12.1 Å². The van der Waals surface area contributed by atoms with Gasteiger partial charge in [-0.3, -0.25) is 9.36 Å². The summed E-state index contributed by atoms with van der Waals surface area (Å²) in [5, 5.41) is 12.7. The van der Waals surface area contributed by atoms with E-state index in [9.17, 15) is 18.0 Å². The van der Waals surface area contributed by atoms with E-state index in [-0.39, 0.29) is 17.8 Å². The smallest absolute Gasteiger partial charge is 0.416 e. The Morgan fingerprint density at radius 1 is 1.18 bits per heavy atom. The van der Waals surface area contributed by atoms with Crippen LogP contribution >= 0.6 is 11.8 Å². The maximum absolute atomic E-state index is 12.9. The lowest BCUT2D eigenvalue weighted by Gasteiger charge is -2.07. The number of benzene rings is 1. The maximum Gasteiger partial charge on any atom is 0.416 e. The molecule has 0 atom stereocenters. The van der Waals surface area contributed by atoms with Crippen molar-refractivity contribution in [3.05, 3.63) is 54.1 Å². The van der Waals surface area contributed by atoms with Crippen LogP contribution in [0.15, 0.2) is 56.8 Å². The van der Waals surface area contributed by atoms with Gasteiger partial charge in [0, 0.05) is 30.7 Å². The van der Waals surface area contributed by atoms with E-state index in [1.165, 1.54) is 30.2 Å². The molecule has 178 valence electrons. The lowest BCUT2D eigenvalue weighted by Crippen LogP contribution is -2.15. The average molecular weight is 492 g/mol. The number of aryl methyl sites for hydroxylation is 1. The molecule has 1 amide bonds. The van der Waals surface area contributed by atoms with Gasteiger partial charge in [0.1, 0.15) is 0 Å². The van der Waals surface area contributed by atoms with Gasteiger partial charge < -0.3 is 14.7 Å². The monoisotopic (exact) mass is 492 g/mol. The van der Waals surface area contributed by atoms with E-state index in [1.807, 2.05) is 0 Å². The first-order chi connectivity index (χ1) is 16.3. The van der Waals surface area contributed by atoms with Crippen LogP contribution in [0.25, 0.3) is 23.0 Å². The van der Waals surface area contributed by atoms with Gasteiger partial charge in [-0.25, -0.2) is 0 Å². The summed E-state index contributed by atoms with van der Waals surface area (Å²) in [4.78, 5) is 15.5. The summed E-state index contributed by atoms with van der Waals surface area (Å²) in [5.41, 5.74) is 4.74. The van der Waals surface area contributed by atoms with Gasteiger partial charge in [0.2, 0.25) is 17.6 Å². The number of thioether (sulfide) groups is 1. The lowest BCUT2D eigenvalue weighted by molar-refractivity contribution is -0.137. The van der Waals surface area contributed by atoms with Crippen LogP contribution in [0.5, 0.6) is 0 Å². The molecule has 0 radical (unpaired) electrons. The molecule has 0 aliphatic rings. The summed E-state index contributed by atoms with van der Waals surface area (Å²) in [6.07, 6.45) is -1.74. The third kappa shape index (κ3) is 5.65. The van der Waals surface area contributed by atoms with Crippen LogP contribution in [0.3, 0.4) is 0 Å². The molecule has 0 saturated carbocycles. The molecule has 13 heteroatoms. The van der Waals surface area contributed by atoms with Gasteiger partial charge in [-0.15, -0.1) is 10.2 Å². The number of aromatic nitrogens is 5. The van der Waals surface area contributed by atoms with Gasteiger partial charge in [0.25, 0.3) is 0 Å². The molecule has 3 aromatic heterocycles. The molecule has 0 aliphatic carbocycles. The van der Waals surface area contributed by atoms with Crippen molar-refractivity contribution in [1.29, 1.82) is 0 Å². The topological polar surface area (TPSA) is 126 Å². The molecule has 0 aliphatic heterocycles. The van der Waals surface area contributed by atoms with Crippen LogP contribution in [-0.2, 0) is 23.9 Å². The van der Waals surface area contributed by atoms with Crippen molar-refractivity contribution < 1.29 is 26.9 Å². The molecule has 0 bridgehead atoms. The Balaban J connectivity index is 1.36. The SMILES string of the molecule is NC(=O)CCn1c(SCCCc2nc(-c3cccc(C(F)(F)F)c3)no2)nnc1-c1ccco1. The number of halogens is 3. The van der Waals surface area contributed by atoms with Crippen LogP contribution in [0.2, 0.25) is 0 Å². The van der Waals surface area contributed by atoms with Crippen LogP contribution in [-0.4, -0.2) is 36.6 Å². The standard InChI is InChI=1S/C21H19F3N6O3S/c22-21(23,24)14-5-1-4-13(12-14)18-26-17(33-29-18)7-3-11-34-20-28-27-19(15-6-2-10-32-15)30(20)9-8-16(25)31/h1-2,4-6,10,12H,3,7-9,11H2,(H2,25,31). The quantitative estimate of drug-likeness (QED) is 0.258. The van der Waals surface area contributed by atoms with Crippen LogP contribution in [0, 0.1) is 0 Å². The number of furan rings is 1. The molecule has 0 spiro atoms. The molecular formula is C21H19F3N6O3S. The van der Waals surface area contributed by atoms with Gasteiger partial charge in [0.15, 0.2) is 16.7 Å². The second-order valence-electron chi connectivity index (χ2n) is 7.19. The summed E-state index contributed by atoms with van der Waals surface area (Å²) >= 11 is 1.42. The average Bonchev–Trinajstić information content (AvgIpc) is 3.56. The van der Waals surface area contributed by atoms with E-state index in [4.69, 9.17) is 14.7 Å². The van der Waals surface area contributed by atoms with E-state index >= 15 is 0 Å². The maximum atomic E-state index is 12.9. The number of alkyl halides is 3. The molecule has 0 saturated heterocycles. The van der Waals surface area contributed by atoms with Gasteiger partial charge in [0.05, 0.1) is 11.8 Å². The number of nitrogens with zero attached hydrogens (tertiary/aromatic N) is 5. The molecular weight excluding hydrogens is 473 g/mol. The Morgan fingerprint density at radius 3 is 2.76 bits per heavy atom. The molecule has 4 rings (SSSR count). The van der Waals surface area contributed by atoms with Crippen molar-refractivity contribution in [2.75, 3.05) is 5.75 Å². The zero-order chi connectivity index (χ0) is 24.1. The minimum absolute atomic E-state index is 0.100. The van der Waals surface area contributed by atoms with Crippen LogP contribution in [0.1, 0.15) is 24.3 Å². The number of primary amides is 1. The highest BCUT2D eigenvalue weighted by atomic mass is 32.2. The zero-order valence-electron chi connectivity index (χ0n) is 17.7. The molecule has 0 unspecified atom stereocenters. The highest BCUT2D eigenvalue weighted by molar-refractivity contribution is 7.99. The first kappa shape index (κ1) is 23.5. The predicted octanol–water partition coefficient (Wildman–Crippen LogP) is 4.21. The number of carbonyl (C=O) groups is 1. The first-order valence-corrected chi connectivity index (χ1v) is 11.2. The Kier molecular flexibility index (Phi) is 7.01. The van der Waals surface area contributed by atoms with Crippen molar-refractivity contribution >= 4 is 17.7 Å². The fourth-order valence-corrected chi connectivity index (χ4v) is 4.01. The lowest BCUT2D eigenvalue weighted by atomic mass is 10.1. The number of rotatable bonds is 10. The number of nitrogens with two attached hydrogens (primary N) is 1. The summed E-state index contributed by atoms with van der Waals surface area (Å²) in [6.45, 7) is 0.310. The second kappa shape index (κ2) is 10.1. The van der Waals surface area contributed by atoms with E-state index < -0.39 is 17.6 Å². The summed E-state index contributed by atoms with van der Waals surface area (Å²) in [5.74, 6) is 1.62. The Hall–Kier alpha value is -3.61. The first-order valence-electron chi connectivity index (χ1n) is 10.2. The highest BCUT2D eigenvalue weighted by Gasteiger charge is 2.30. The van der Waals surface area contributed by atoms with Crippen LogP contribution in [0.4, 0.5) is 13.2 Å². The zero-order valence-corrected chi connectivity index (χ0v) is 18.5. The van der Waals surface area contributed by atoms with Crippen molar-refractivity contribution in [3.8, 4) is 23.0 Å². The minimum Gasteiger partial charge on any atom is -0.461 e. The molecule has 0 fully saturated rings. The van der Waals surface area contributed by atoms with E-state index in [0.29, 0.717) is 47.8 Å². The molecule has 4 aromatic rings. The van der Waals surface area contributed by atoms with E-state index in [1.54, 1.807) is 16.7 Å². The highest BCUT2D eigenvalue weighted by Crippen LogP contribution is 2.31. The number of carbonyl (C=O) groups excluding carboxylic acids is 1. The minimum atomic E-state index is -4.45.